The van der Waals surface area contributed by atoms with Crippen molar-refractivity contribution in [2.45, 2.75) is 13.8 Å². The van der Waals surface area contributed by atoms with Crippen molar-refractivity contribution in [3.8, 4) is 0 Å². The Hall–Kier alpha value is -1.84. The molecule has 0 bridgehead atoms. The van der Waals surface area contributed by atoms with Crippen molar-refractivity contribution < 1.29 is 14.7 Å². The van der Waals surface area contributed by atoms with Crippen molar-refractivity contribution in [1.82, 2.24) is 0 Å². The Morgan fingerprint density at radius 3 is 2.00 bits per heavy atom. The Morgan fingerprint density at radius 1 is 1.20 bits per heavy atom. The lowest BCUT2D eigenvalue weighted by atomic mass is 10.1. The SMILES string of the molecule is CC(=O)O.CNc1ccccc1C(C)=O. The zero-order chi connectivity index (χ0) is 11.8. The van der Waals surface area contributed by atoms with Gasteiger partial charge in [0.1, 0.15) is 0 Å². The molecule has 4 nitrogen and oxygen atoms in total. The minimum absolute atomic E-state index is 0.0925. The molecule has 0 aromatic heterocycles. The van der Waals surface area contributed by atoms with E-state index in [1.807, 2.05) is 31.3 Å². The van der Waals surface area contributed by atoms with Crippen molar-refractivity contribution >= 4 is 17.4 Å². The van der Waals surface area contributed by atoms with E-state index >= 15 is 0 Å². The van der Waals surface area contributed by atoms with E-state index in [9.17, 15) is 4.79 Å². The van der Waals surface area contributed by atoms with Gasteiger partial charge in [-0.3, -0.25) is 9.59 Å². The van der Waals surface area contributed by atoms with Crippen molar-refractivity contribution in [2.75, 3.05) is 12.4 Å². The quantitative estimate of drug-likeness (QED) is 0.731. The maximum Gasteiger partial charge on any atom is 0.300 e. The molecule has 0 atom stereocenters. The lowest BCUT2D eigenvalue weighted by Crippen LogP contribution is -1.98. The van der Waals surface area contributed by atoms with Crippen LogP contribution in [0.25, 0.3) is 0 Å². The lowest BCUT2D eigenvalue weighted by molar-refractivity contribution is -0.134. The number of carboxylic acids is 1. The molecule has 15 heavy (non-hydrogen) atoms. The molecule has 2 N–H and O–H groups in total. The van der Waals surface area contributed by atoms with Gasteiger partial charge in [0.15, 0.2) is 5.78 Å². The number of anilines is 1. The van der Waals surface area contributed by atoms with Gasteiger partial charge in [-0.15, -0.1) is 0 Å². The molecule has 0 saturated carbocycles. The summed E-state index contributed by atoms with van der Waals surface area (Å²) in [7, 11) is 1.81. The second-order valence-electron chi connectivity index (χ2n) is 2.87. The standard InChI is InChI=1S/C9H11NO.C2H4O2/c1-7(11)8-5-3-4-6-9(8)10-2;1-2(3)4/h3-6,10H,1-2H3;1H3,(H,3,4). The third-order valence-corrected chi connectivity index (χ3v) is 1.58. The number of rotatable bonds is 2. The van der Waals surface area contributed by atoms with Crippen LogP contribution in [0.15, 0.2) is 24.3 Å². The highest BCUT2D eigenvalue weighted by molar-refractivity contribution is 5.99. The molecule has 0 spiro atoms. The van der Waals surface area contributed by atoms with E-state index in [1.165, 1.54) is 0 Å². The summed E-state index contributed by atoms with van der Waals surface area (Å²) in [6, 6.07) is 7.46. The van der Waals surface area contributed by atoms with Crippen LogP contribution >= 0.6 is 0 Å². The van der Waals surface area contributed by atoms with Crippen LogP contribution in [0.2, 0.25) is 0 Å². The summed E-state index contributed by atoms with van der Waals surface area (Å²) in [6.45, 7) is 2.65. The second-order valence-corrected chi connectivity index (χ2v) is 2.87. The van der Waals surface area contributed by atoms with Crippen LogP contribution < -0.4 is 5.32 Å². The normalized spacial score (nSPS) is 8.47. The van der Waals surface area contributed by atoms with Gasteiger partial charge in [-0.05, 0) is 19.1 Å². The maximum absolute atomic E-state index is 11.0. The minimum atomic E-state index is -0.833. The van der Waals surface area contributed by atoms with Gasteiger partial charge in [0.05, 0.1) is 0 Å². The van der Waals surface area contributed by atoms with Crippen LogP contribution in [0.5, 0.6) is 0 Å². The summed E-state index contributed by atoms with van der Waals surface area (Å²) in [4.78, 5) is 20.0. The molecule has 0 heterocycles. The number of Topliss-reactive ketones (excluding diaryl/α,β-unsaturated/α-hetero) is 1. The van der Waals surface area contributed by atoms with E-state index in [4.69, 9.17) is 9.90 Å². The topological polar surface area (TPSA) is 66.4 Å². The first kappa shape index (κ1) is 13.2. The molecule has 0 aliphatic carbocycles. The number of hydrogen-bond donors (Lipinski definition) is 2. The Balaban J connectivity index is 0.000000423. The van der Waals surface area contributed by atoms with E-state index in [0.717, 1.165) is 18.2 Å². The summed E-state index contributed by atoms with van der Waals surface area (Å²) in [6.07, 6.45) is 0. The van der Waals surface area contributed by atoms with Crippen molar-refractivity contribution in [1.29, 1.82) is 0 Å². The first-order valence-electron chi connectivity index (χ1n) is 4.46. The molecule has 1 aromatic rings. The number of carboxylic acid groups (broad SMARTS) is 1. The second kappa shape index (κ2) is 6.59. The number of ketones is 1. The van der Waals surface area contributed by atoms with Crippen molar-refractivity contribution in [3.05, 3.63) is 29.8 Å². The van der Waals surface area contributed by atoms with Gasteiger partial charge in [0, 0.05) is 25.2 Å². The summed E-state index contributed by atoms with van der Waals surface area (Å²) < 4.78 is 0. The number of hydrogen-bond acceptors (Lipinski definition) is 3. The van der Waals surface area contributed by atoms with E-state index in [-0.39, 0.29) is 5.78 Å². The van der Waals surface area contributed by atoms with E-state index in [1.54, 1.807) is 6.92 Å². The lowest BCUT2D eigenvalue weighted by Gasteiger charge is -2.03. The summed E-state index contributed by atoms with van der Waals surface area (Å²) in [5.74, 6) is -0.741. The minimum Gasteiger partial charge on any atom is -0.481 e. The fourth-order valence-electron chi connectivity index (χ4n) is 1.01. The number of carbonyl (C=O) groups excluding carboxylic acids is 1. The van der Waals surface area contributed by atoms with Gasteiger partial charge in [-0.25, -0.2) is 0 Å². The molecule has 0 aliphatic heterocycles. The van der Waals surface area contributed by atoms with Gasteiger partial charge in [0.25, 0.3) is 5.97 Å². The molecule has 0 radical (unpaired) electrons. The number of carbonyl (C=O) groups is 2. The first-order valence-corrected chi connectivity index (χ1v) is 4.46. The highest BCUT2D eigenvalue weighted by atomic mass is 16.4. The Bertz CT molecular complexity index is 343. The van der Waals surface area contributed by atoms with Crippen molar-refractivity contribution in [3.63, 3.8) is 0 Å². The number of para-hydroxylation sites is 1. The number of aliphatic carboxylic acids is 1. The third kappa shape index (κ3) is 5.46. The molecule has 1 rings (SSSR count). The molecule has 4 heteroatoms. The molecule has 0 fully saturated rings. The summed E-state index contributed by atoms with van der Waals surface area (Å²) in [5.41, 5.74) is 1.63. The molecule has 0 saturated heterocycles. The van der Waals surface area contributed by atoms with E-state index < -0.39 is 5.97 Å². The molecule has 0 aliphatic rings. The average Bonchev–Trinajstić information content (AvgIpc) is 2.16. The van der Waals surface area contributed by atoms with Gasteiger partial charge in [0.2, 0.25) is 0 Å². The largest absolute Gasteiger partial charge is 0.481 e. The fraction of sp³-hybridized carbons (Fsp3) is 0.273. The highest BCUT2D eigenvalue weighted by Crippen LogP contribution is 2.13. The van der Waals surface area contributed by atoms with Gasteiger partial charge in [-0.1, -0.05) is 12.1 Å². The van der Waals surface area contributed by atoms with Crippen molar-refractivity contribution in [2.24, 2.45) is 0 Å². The van der Waals surface area contributed by atoms with E-state index in [2.05, 4.69) is 5.32 Å². The van der Waals surface area contributed by atoms with Crippen LogP contribution in [0, 0.1) is 0 Å². The molecular formula is C11H15NO3. The Labute approximate surface area is 88.9 Å². The van der Waals surface area contributed by atoms with Crippen LogP contribution in [0.3, 0.4) is 0 Å². The molecule has 1 aromatic carbocycles. The van der Waals surface area contributed by atoms with Gasteiger partial charge >= 0.3 is 0 Å². The average molecular weight is 209 g/mol. The maximum atomic E-state index is 11.0. The number of nitrogens with one attached hydrogen (secondary N) is 1. The summed E-state index contributed by atoms with van der Waals surface area (Å²) >= 11 is 0. The molecule has 0 unspecified atom stereocenters. The first-order chi connectivity index (χ1) is 6.99. The van der Waals surface area contributed by atoms with Crippen LogP contribution in [-0.4, -0.2) is 23.9 Å². The predicted octanol–water partition coefficient (Wildman–Crippen LogP) is 2.02. The zero-order valence-electron chi connectivity index (χ0n) is 9.07. The summed E-state index contributed by atoms with van der Waals surface area (Å²) in [5, 5.41) is 10.4. The van der Waals surface area contributed by atoms with Crippen LogP contribution in [-0.2, 0) is 4.79 Å². The van der Waals surface area contributed by atoms with Crippen LogP contribution in [0.4, 0.5) is 5.69 Å². The zero-order valence-corrected chi connectivity index (χ0v) is 9.07. The Kier molecular flexibility index (Phi) is 5.78. The van der Waals surface area contributed by atoms with Gasteiger partial charge < -0.3 is 10.4 Å². The monoisotopic (exact) mass is 209 g/mol. The van der Waals surface area contributed by atoms with Crippen LogP contribution in [0.1, 0.15) is 24.2 Å². The third-order valence-electron chi connectivity index (χ3n) is 1.58. The highest BCUT2D eigenvalue weighted by Gasteiger charge is 2.02. The van der Waals surface area contributed by atoms with E-state index in [0.29, 0.717) is 0 Å². The molecular weight excluding hydrogens is 194 g/mol. The predicted molar refractivity (Wildman–Crippen MR) is 59.3 cm³/mol. The number of benzene rings is 1. The smallest absolute Gasteiger partial charge is 0.300 e. The van der Waals surface area contributed by atoms with Gasteiger partial charge in [-0.2, -0.15) is 0 Å². The fourth-order valence-corrected chi connectivity index (χ4v) is 1.01. The molecule has 0 amide bonds. The Morgan fingerprint density at radius 2 is 1.67 bits per heavy atom. The molecule has 82 valence electrons.